The van der Waals surface area contributed by atoms with Crippen molar-refractivity contribution in [2.24, 2.45) is 0 Å². The number of carbonyl (C=O) groups excluding carboxylic acids is 1. The molecule has 0 aliphatic carbocycles. The largest absolute Gasteiger partial charge is 0.379 e. The van der Waals surface area contributed by atoms with Crippen molar-refractivity contribution >= 4 is 28.9 Å². The van der Waals surface area contributed by atoms with Crippen LogP contribution in [-0.2, 0) is 4.74 Å². The van der Waals surface area contributed by atoms with E-state index >= 15 is 0 Å². The summed E-state index contributed by atoms with van der Waals surface area (Å²) >= 11 is 5.78. The van der Waals surface area contributed by atoms with Crippen molar-refractivity contribution in [2.75, 3.05) is 44.7 Å². The van der Waals surface area contributed by atoms with Gasteiger partial charge in [0.2, 0.25) is 0 Å². The number of nitrogens with zero attached hydrogens (tertiary/aromatic N) is 2. The van der Waals surface area contributed by atoms with Crippen LogP contribution in [-0.4, -0.2) is 55.2 Å². The Hall–Kier alpha value is -2.22. The fourth-order valence-corrected chi connectivity index (χ4v) is 2.80. The summed E-state index contributed by atoms with van der Waals surface area (Å²) in [7, 11) is 0. The summed E-state index contributed by atoms with van der Waals surface area (Å²) in [6.07, 6.45) is 1.55. The van der Waals surface area contributed by atoms with Gasteiger partial charge in [-0.25, -0.2) is 4.39 Å². The van der Waals surface area contributed by atoms with Gasteiger partial charge in [0.15, 0.2) is 0 Å². The summed E-state index contributed by atoms with van der Waals surface area (Å²) in [6.45, 7) is 4.56. The molecule has 0 unspecified atom stereocenters. The van der Waals surface area contributed by atoms with E-state index in [-0.39, 0.29) is 10.9 Å². The molecule has 0 saturated carbocycles. The van der Waals surface area contributed by atoms with E-state index in [4.69, 9.17) is 16.3 Å². The van der Waals surface area contributed by atoms with Crippen LogP contribution >= 0.6 is 11.6 Å². The predicted octanol–water partition coefficient (Wildman–Crippen LogP) is 2.68. The van der Waals surface area contributed by atoms with Crippen LogP contribution in [0.5, 0.6) is 0 Å². The average molecular weight is 379 g/mol. The molecule has 0 atom stereocenters. The van der Waals surface area contributed by atoms with Gasteiger partial charge in [0, 0.05) is 43.8 Å². The monoisotopic (exact) mass is 378 g/mol. The van der Waals surface area contributed by atoms with Crippen molar-refractivity contribution in [3.8, 4) is 0 Å². The lowest BCUT2D eigenvalue weighted by Gasteiger charge is -2.26. The summed E-state index contributed by atoms with van der Waals surface area (Å²) in [5, 5.41) is 5.99. The zero-order chi connectivity index (χ0) is 18.4. The van der Waals surface area contributed by atoms with Gasteiger partial charge in [-0.05, 0) is 30.3 Å². The minimum atomic E-state index is -0.479. The third-order valence-electron chi connectivity index (χ3n) is 4.02. The van der Waals surface area contributed by atoms with Crippen LogP contribution in [0.25, 0.3) is 0 Å². The number of aromatic nitrogens is 1. The standard InChI is InChI=1S/C18H20ClFN4O2/c19-15-11-13(1-2-16(15)20)23-14-3-4-21-17(12-14)18(25)22-5-6-24-7-9-26-10-8-24/h1-4,11-12H,5-10H2,(H,21,23)(H,22,25). The first-order valence-electron chi connectivity index (χ1n) is 8.38. The van der Waals surface area contributed by atoms with Gasteiger partial charge in [-0.1, -0.05) is 11.6 Å². The Morgan fingerprint density at radius 3 is 2.77 bits per heavy atom. The first-order valence-corrected chi connectivity index (χ1v) is 8.76. The molecule has 2 heterocycles. The summed E-state index contributed by atoms with van der Waals surface area (Å²) in [4.78, 5) is 18.6. The van der Waals surface area contributed by atoms with Crippen LogP contribution < -0.4 is 10.6 Å². The van der Waals surface area contributed by atoms with E-state index in [1.54, 1.807) is 24.4 Å². The topological polar surface area (TPSA) is 66.5 Å². The number of carbonyl (C=O) groups is 1. The van der Waals surface area contributed by atoms with E-state index in [2.05, 4.69) is 20.5 Å². The zero-order valence-electron chi connectivity index (χ0n) is 14.2. The fourth-order valence-electron chi connectivity index (χ4n) is 2.62. The van der Waals surface area contributed by atoms with Crippen LogP contribution in [0.4, 0.5) is 15.8 Å². The fraction of sp³-hybridized carbons (Fsp3) is 0.333. The van der Waals surface area contributed by atoms with Crippen molar-refractivity contribution in [1.82, 2.24) is 15.2 Å². The molecule has 1 aromatic heterocycles. The molecule has 1 aromatic carbocycles. The van der Waals surface area contributed by atoms with Gasteiger partial charge in [-0.2, -0.15) is 0 Å². The molecular weight excluding hydrogens is 359 g/mol. The van der Waals surface area contributed by atoms with Gasteiger partial charge in [-0.15, -0.1) is 0 Å². The molecule has 8 heteroatoms. The number of benzene rings is 1. The van der Waals surface area contributed by atoms with Gasteiger partial charge in [0.05, 0.1) is 18.2 Å². The molecule has 3 rings (SSSR count). The van der Waals surface area contributed by atoms with Crippen molar-refractivity contribution in [3.05, 3.63) is 53.1 Å². The molecule has 1 fully saturated rings. The second-order valence-corrected chi connectivity index (χ2v) is 6.30. The summed E-state index contributed by atoms with van der Waals surface area (Å²) in [5.41, 5.74) is 1.60. The van der Waals surface area contributed by atoms with E-state index in [0.717, 1.165) is 32.8 Å². The number of hydrogen-bond acceptors (Lipinski definition) is 5. The number of halogens is 2. The first-order chi connectivity index (χ1) is 12.6. The van der Waals surface area contributed by atoms with E-state index < -0.39 is 5.82 Å². The second-order valence-electron chi connectivity index (χ2n) is 5.89. The minimum Gasteiger partial charge on any atom is -0.379 e. The molecule has 0 spiro atoms. The number of hydrogen-bond donors (Lipinski definition) is 2. The summed E-state index contributed by atoms with van der Waals surface area (Å²) < 4.78 is 18.5. The molecule has 6 nitrogen and oxygen atoms in total. The Morgan fingerprint density at radius 1 is 1.23 bits per heavy atom. The van der Waals surface area contributed by atoms with Crippen LogP contribution in [0.2, 0.25) is 5.02 Å². The molecule has 26 heavy (non-hydrogen) atoms. The lowest BCUT2D eigenvalue weighted by atomic mass is 10.2. The van der Waals surface area contributed by atoms with E-state index in [1.807, 2.05) is 0 Å². The normalized spacial score (nSPS) is 14.8. The minimum absolute atomic E-state index is 0.0325. The molecule has 138 valence electrons. The molecule has 1 amide bonds. The Balaban J connectivity index is 1.55. The molecular formula is C18H20ClFN4O2. The lowest BCUT2D eigenvalue weighted by Crippen LogP contribution is -2.41. The summed E-state index contributed by atoms with van der Waals surface area (Å²) in [5.74, 6) is -0.716. The molecule has 0 bridgehead atoms. The van der Waals surface area contributed by atoms with Crippen molar-refractivity contribution in [1.29, 1.82) is 0 Å². The highest BCUT2D eigenvalue weighted by atomic mass is 35.5. The van der Waals surface area contributed by atoms with Gasteiger partial charge in [0.1, 0.15) is 11.5 Å². The zero-order valence-corrected chi connectivity index (χ0v) is 14.9. The Labute approximate surface area is 156 Å². The SMILES string of the molecule is O=C(NCCN1CCOCC1)c1cc(Nc2ccc(F)c(Cl)c2)ccn1. The highest BCUT2D eigenvalue weighted by molar-refractivity contribution is 6.31. The van der Waals surface area contributed by atoms with Crippen molar-refractivity contribution in [3.63, 3.8) is 0 Å². The molecule has 1 aliphatic heterocycles. The number of ether oxygens (including phenoxy) is 1. The smallest absolute Gasteiger partial charge is 0.269 e. The molecule has 0 radical (unpaired) electrons. The maximum absolute atomic E-state index is 13.2. The van der Waals surface area contributed by atoms with Crippen molar-refractivity contribution in [2.45, 2.75) is 0 Å². The predicted molar refractivity (Wildman–Crippen MR) is 98.5 cm³/mol. The van der Waals surface area contributed by atoms with E-state index in [1.165, 1.54) is 12.1 Å². The number of nitrogens with one attached hydrogen (secondary N) is 2. The molecule has 2 aromatic rings. The number of morpholine rings is 1. The van der Waals surface area contributed by atoms with Crippen molar-refractivity contribution < 1.29 is 13.9 Å². The molecule has 2 N–H and O–H groups in total. The maximum Gasteiger partial charge on any atom is 0.269 e. The lowest BCUT2D eigenvalue weighted by molar-refractivity contribution is 0.0383. The Bertz CT molecular complexity index is 769. The van der Waals surface area contributed by atoms with Gasteiger partial charge >= 0.3 is 0 Å². The average Bonchev–Trinajstić information content (AvgIpc) is 2.66. The van der Waals surface area contributed by atoms with E-state index in [0.29, 0.717) is 23.6 Å². The third kappa shape index (κ3) is 5.14. The second kappa shape index (κ2) is 8.93. The summed E-state index contributed by atoms with van der Waals surface area (Å²) in [6, 6.07) is 7.71. The Morgan fingerprint density at radius 2 is 2.00 bits per heavy atom. The van der Waals surface area contributed by atoms with Gasteiger partial charge in [-0.3, -0.25) is 14.7 Å². The number of amides is 1. The highest BCUT2D eigenvalue weighted by Gasteiger charge is 2.12. The Kier molecular flexibility index (Phi) is 6.38. The van der Waals surface area contributed by atoms with Crippen LogP contribution in [0, 0.1) is 5.82 Å². The quantitative estimate of drug-likeness (QED) is 0.809. The van der Waals surface area contributed by atoms with E-state index in [9.17, 15) is 9.18 Å². The van der Waals surface area contributed by atoms with Crippen LogP contribution in [0.1, 0.15) is 10.5 Å². The van der Waals surface area contributed by atoms with Gasteiger partial charge < -0.3 is 15.4 Å². The maximum atomic E-state index is 13.2. The third-order valence-corrected chi connectivity index (χ3v) is 4.31. The number of rotatable bonds is 6. The van der Waals surface area contributed by atoms with Crippen LogP contribution in [0.15, 0.2) is 36.5 Å². The first kappa shape index (κ1) is 18.6. The van der Waals surface area contributed by atoms with Gasteiger partial charge in [0.25, 0.3) is 5.91 Å². The number of anilines is 2. The highest BCUT2D eigenvalue weighted by Crippen LogP contribution is 2.22. The molecule has 1 aliphatic rings. The molecule has 1 saturated heterocycles. The number of pyridine rings is 1. The van der Waals surface area contributed by atoms with Crippen LogP contribution in [0.3, 0.4) is 0 Å².